The van der Waals surface area contributed by atoms with Crippen LogP contribution in [-0.4, -0.2) is 23.0 Å². The Morgan fingerprint density at radius 3 is 2.44 bits per heavy atom. The second-order valence-corrected chi connectivity index (χ2v) is 9.30. The Morgan fingerprint density at radius 1 is 1.04 bits per heavy atom. The van der Waals surface area contributed by atoms with Gasteiger partial charge in [0.2, 0.25) is 9.84 Å². The Morgan fingerprint density at radius 2 is 1.74 bits per heavy atom. The van der Waals surface area contributed by atoms with Crippen molar-refractivity contribution in [1.29, 1.82) is 0 Å². The monoisotopic (exact) mass is 415 g/mol. The maximum Gasteiger partial charge on any atom is 0.211 e. The van der Waals surface area contributed by atoms with Gasteiger partial charge >= 0.3 is 0 Å². The van der Waals surface area contributed by atoms with Crippen molar-refractivity contribution in [3.63, 3.8) is 0 Å². The van der Waals surface area contributed by atoms with Crippen molar-refractivity contribution in [1.82, 2.24) is 14.6 Å². The number of halogens is 1. The molecule has 0 N–H and O–H groups in total. The van der Waals surface area contributed by atoms with Crippen molar-refractivity contribution in [2.24, 2.45) is 0 Å². The summed E-state index contributed by atoms with van der Waals surface area (Å²) in [5, 5.41) is 5.72. The molecule has 2 aromatic carbocycles. The largest absolute Gasteiger partial charge is 0.233 e. The van der Waals surface area contributed by atoms with Crippen LogP contribution in [0.25, 0.3) is 5.65 Å². The van der Waals surface area contributed by atoms with E-state index in [4.69, 9.17) is 11.6 Å². The van der Waals surface area contributed by atoms with Crippen LogP contribution in [0, 0.1) is 6.92 Å². The van der Waals surface area contributed by atoms with Crippen LogP contribution >= 0.6 is 23.4 Å². The molecule has 4 rings (SSSR count). The molecule has 0 saturated carbocycles. The van der Waals surface area contributed by atoms with Gasteiger partial charge in [-0.1, -0.05) is 41.6 Å². The summed E-state index contributed by atoms with van der Waals surface area (Å²) in [7, 11) is -3.71. The highest BCUT2D eigenvalue weighted by Crippen LogP contribution is 2.31. The van der Waals surface area contributed by atoms with Crippen LogP contribution in [-0.2, 0) is 9.84 Å². The number of hydrogen-bond acceptors (Lipinski definition) is 5. The number of sulfone groups is 1. The number of nitrogens with zero attached hydrogens (tertiary/aromatic N) is 3. The molecule has 136 valence electrons. The highest BCUT2D eigenvalue weighted by Gasteiger charge is 2.24. The van der Waals surface area contributed by atoms with E-state index in [0.29, 0.717) is 16.4 Å². The van der Waals surface area contributed by atoms with E-state index in [9.17, 15) is 8.42 Å². The van der Waals surface area contributed by atoms with Crippen molar-refractivity contribution in [3.8, 4) is 0 Å². The predicted octanol–water partition coefficient (Wildman–Crippen LogP) is 4.68. The summed E-state index contributed by atoms with van der Waals surface area (Å²) in [5.41, 5.74) is 1.03. The van der Waals surface area contributed by atoms with E-state index < -0.39 is 9.84 Å². The SMILES string of the molecule is Cc1cc(Sc2ccc(Cl)cc2)n2ncc(S(=O)(=O)c3ccccc3)c2n1. The Hall–Kier alpha value is -2.35. The Labute approximate surface area is 165 Å². The molecule has 27 heavy (non-hydrogen) atoms. The summed E-state index contributed by atoms with van der Waals surface area (Å²) >= 11 is 7.41. The summed E-state index contributed by atoms with van der Waals surface area (Å²) in [6.45, 7) is 1.83. The molecule has 0 aliphatic carbocycles. The molecule has 0 bridgehead atoms. The van der Waals surface area contributed by atoms with Crippen molar-refractivity contribution >= 4 is 38.8 Å². The Kier molecular flexibility index (Phi) is 4.67. The third-order valence-corrected chi connectivity index (χ3v) is 6.93. The fourth-order valence-corrected chi connectivity index (χ4v) is 5.06. The minimum Gasteiger partial charge on any atom is -0.233 e. The molecule has 4 aromatic rings. The number of benzene rings is 2. The Balaban J connectivity index is 1.84. The molecule has 0 aliphatic rings. The smallest absolute Gasteiger partial charge is 0.211 e. The third kappa shape index (κ3) is 3.45. The molecule has 0 radical (unpaired) electrons. The van der Waals surface area contributed by atoms with Crippen LogP contribution in [0.2, 0.25) is 5.02 Å². The van der Waals surface area contributed by atoms with E-state index in [1.165, 1.54) is 18.0 Å². The number of hydrogen-bond donors (Lipinski definition) is 0. The molecule has 0 aliphatic heterocycles. The molecule has 2 aromatic heterocycles. The topological polar surface area (TPSA) is 64.3 Å². The molecule has 0 spiro atoms. The highest BCUT2D eigenvalue weighted by molar-refractivity contribution is 7.99. The first kappa shape index (κ1) is 18.0. The van der Waals surface area contributed by atoms with Crippen molar-refractivity contribution in [2.75, 3.05) is 0 Å². The first-order valence-corrected chi connectivity index (χ1v) is 10.7. The fourth-order valence-electron chi connectivity index (χ4n) is 2.64. The van der Waals surface area contributed by atoms with Gasteiger partial charge in [-0.05, 0) is 49.4 Å². The van der Waals surface area contributed by atoms with E-state index in [1.54, 1.807) is 34.8 Å². The summed E-state index contributed by atoms with van der Waals surface area (Å²) in [6, 6.07) is 17.6. The lowest BCUT2D eigenvalue weighted by atomic mass is 10.4. The zero-order valence-electron chi connectivity index (χ0n) is 14.2. The first-order chi connectivity index (χ1) is 12.9. The summed E-state index contributed by atoms with van der Waals surface area (Å²) in [6.07, 6.45) is 1.36. The van der Waals surface area contributed by atoms with E-state index in [-0.39, 0.29) is 9.79 Å². The van der Waals surface area contributed by atoms with E-state index in [0.717, 1.165) is 9.92 Å². The maximum atomic E-state index is 13.0. The zero-order chi connectivity index (χ0) is 19.0. The molecular formula is C19H14ClN3O2S2. The zero-order valence-corrected chi connectivity index (χ0v) is 16.6. The predicted molar refractivity (Wildman–Crippen MR) is 105 cm³/mol. The minimum atomic E-state index is -3.71. The van der Waals surface area contributed by atoms with Crippen molar-refractivity contribution in [2.45, 2.75) is 26.6 Å². The Bertz CT molecular complexity index is 1220. The lowest BCUT2D eigenvalue weighted by Gasteiger charge is -2.07. The second-order valence-electron chi connectivity index (χ2n) is 5.85. The van der Waals surface area contributed by atoms with Gasteiger partial charge in [0.15, 0.2) is 5.65 Å². The van der Waals surface area contributed by atoms with Crippen LogP contribution in [0.1, 0.15) is 5.69 Å². The van der Waals surface area contributed by atoms with Gasteiger partial charge < -0.3 is 0 Å². The van der Waals surface area contributed by atoms with E-state index in [1.807, 2.05) is 37.3 Å². The quantitative estimate of drug-likeness (QED) is 0.453. The van der Waals surface area contributed by atoms with Gasteiger partial charge in [-0.3, -0.25) is 0 Å². The van der Waals surface area contributed by atoms with Crippen LogP contribution in [0.3, 0.4) is 0 Å². The van der Waals surface area contributed by atoms with Gasteiger partial charge in [-0.2, -0.15) is 5.10 Å². The lowest BCUT2D eigenvalue weighted by Crippen LogP contribution is -2.03. The summed E-state index contributed by atoms with van der Waals surface area (Å²) in [5.74, 6) is 0. The summed E-state index contributed by atoms with van der Waals surface area (Å²) < 4.78 is 27.6. The molecule has 0 amide bonds. The number of fused-ring (bicyclic) bond motifs is 1. The molecule has 0 unspecified atom stereocenters. The standard InChI is InChI=1S/C19H14ClN3O2S2/c1-13-11-18(26-15-9-7-14(20)8-10-15)23-19(22-13)17(12-21-23)27(24,25)16-5-3-2-4-6-16/h2-12H,1H3. The average molecular weight is 416 g/mol. The maximum absolute atomic E-state index is 13.0. The highest BCUT2D eigenvalue weighted by atomic mass is 35.5. The molecule has 0 fully saturated rings. The van der Waals surface area contributed by atoms with Crippen molar-refractivity contribution < 1.29 is 8.42 Å². The van der Waals surface area contributed by atoms with Gasteiger partial charge in [0.05, 0.1) is 11.1 Å². The number of aryl methyl sites for hydroxylation is 1. The van der Waals surface area contributed by atoms with E-state index in [2.05, 4.69) is 10.1 Å². The van der Waals surface area contributed by atoms with Crippen molar-refractivity contribution in [3.05, 3.63) is 77.6 Å². The van der Waals surface area contributed by atoms with Gasteiger partial charge in [0.1, 0.15) is 9.92 Å². The lowest BCUT2D eigenvalue weighted by molar-refractivity contribution is 0.596. The molecule has 0 saturated heterocycles. The molecule has 0 atom stereocenters. The van der Waals surface area contributed by atoms with Crippen LogP contribution in [0.4, 0.5) is 0 Å². The van der Waals surface area contributed by atoms with E-state index >= 15 is 0 Å². The molecule has 8 heteroatoms. The molecule has 5 nitrogen and oxygen atoms in total. The van der Waals surface area contributed by atoms with Gasteiger partial charge in [0.25, 0.3) is 0 Å². The average Bonchev–Trinajstić information content (AvgIpc) is 3.09. The minimum absolute atomic E-state index is 0.0929. The third-order valence-electron chi connectivity index (χ3n) is 3.91. The fraction of sp³-hybridized carbons (Fsp3) is 0.0526. The van der Waals surface area contributed by atoms with Gasteiger partial charge in [-0.15, -0.1) is 0 Å². The number of rotatable bonds is 4. The number of aromatic nitrogens is 3. The van der Waals surface area contributed by atoms with Crippen LogP contribution in [0.5, 0.6) is 0 Å². The summed E-state index contributed by atoms with van der Waals surface area (Å²) in [4.78, 5) is 5.71. The van der Waals surface area contributed by atoms with Gasteiger partial charge in [-0.25, -0.2) is 17.9 Å². The molecule has 2 heterocycles. The van der Waals surface area contributed by atoms with Gasteiger partial charge in [0, 0.05) is 15.6 Å². The first-order valence-electron chi connectivity index (χ1n) is 8.04. The normalized spacial score (nSPS) is 11.8. The van der Waals surface area contributed by atoms with Crippen LogP contribution < -0.4 is 0 Å². The molecular weight excluding hydrogens is 402 g/mol. The van der Waals surface area contributed by atoms with Crippen LogP contribution in [0.15, 0.2) is 86.6 Å². The second kappa shape index (κ2) is 6.99.